The topological polar surface area (TPSA) is 95.9 Å². The van der Waals surface area contributed by atoms with E-state index in [1.54, 1.807) is 6.21 Å². The Morgan fingerprint density at radius 2 is 1.86 bits per heavy atom. The molecular formula is C21H16N4O3S. The summed E-state index contributed by atoms with van der Waals surface area (Å²) in [7, 11) is 1.25. The average Bonchev–Trinajstić information content (AvgIpc) is 3.29. The predicted molar refractivity (Wildman–Crippen MR) is 115 cm³/mol. The first-order valence-corrected chi connectivity index (χ1v) is 9.53. The second-order valence-electron chi connectivity index (χ2n) is 6.06. The molecule has 2 N–H and O–H groups in total. The number of fused-ring (bicyclic) bond motifs is 1. The minimum absolute atomic E-state index is 0.211. The first-order valence-electron chi connectivity index (χ1n) is 8.71. The third-order valence-corrected chi connectivity index (χ3v) is 5.15. The van der Waals surface area contributed by atoms with E-state index in [-0.39, 0.29) is 4.91 Å². The van der Waals surface area contributed by atoms with E-state index in [9.17, 15) is 9.59 Å². The number of aromatic amines is 1. The number of hydrogen-bond donors (Lipinski definition) is 2. The number of rotatable bonds is 4. The number of nitrogens with zero attached hydrogens (tertiary/aromatic N) is 2. The first-order chi connectivity index (χ1) is 14.2. The van der Waals surface area contributed by atoms with E-state index in [1.165, 1.54) is 7.11 Å². The van der Waals surface area contributed by atoms with Gasteiger partial charge in [-0.05, 0) is 23.4 Å². The second-order valence-corrected chi connectivity index (χ2v) is 7.09. The zero-order valence-corrected chi connectivity index (χ0v) is 16.2. The quantitative estimate of drug-likeness (QED) is 0.301. The fourth-order valence-electron chi connectivity index (χ4n) is 2.91. The van der Waals surface area contributed by atoms with Gasteiger partial charge in [0.25, 0.3) is 5.91 Å². The van der Waals surface area contributed by atoms with Crippen LogP contribution in [0.2, 0.25) is 0 Å². The zero-order chi connectivity index (χ0) is 20.2. The van der Waals surface area contributed by atoms with Crippen LogP contribution in [0.4, 0.5) is 0 Å². The van der Waals surface area contributed by atoms with Gasteiger partial charge in [0.2, 0.25) is 0 Å². The fourth-order valence-corrected chi connectivity index (χ4v) is 3.65. The minimum atomic E-state index is -0.598. The largest absolute Gasteiger partial charge is 0.466 e. The van der Waals surface area contributed by atoms with Crippen molar-refractivity contribution in [3.8, 4) is 11.3 Å². The molecule has 2 heterocycles. The highest BCUT2D eigenvalue weighted by molar-refractivity contribution is 8.18. The lowest BCUT2D eigenvalue weighted by atomic mass is 10.1. The summed E-state index contributed by atoms with van der Waals surface area (Å²) in [6.45, 7) is 0. The fraction of sp³-hybridized carbons (Fsp3) is 0.0476. The van der Waals surface area contributed by atoms with E-state index < -0.39 is 11.9 Å². The number of methoxy groups -OCH3 is 1. The molecule has 0 unspecified atom stereocenters. The SMILES string of the molecule is COC(=O)C=C1S/C(=N\N=C\c2c(-c3ccccc3)[nH]c3ccccc23)NC1=O. The maximum Gasteiger partial charge on any atom is 0.331 e. The summed E-state index contributed by atoms with van der Waals surface area (Å²) in [6, 6.07) is 17.9. The molecule has 7 nitrogen and oxygen atoms in total. The van der Waals surface area contributed by atoms with Crippen molar-refractivity contribution in [3.05, 3.63) is 71.1 Å². The van der Waals surface area contributed by atoms with Crippen LogP contribution in [-0.2, 0) is 14.3 Å². The molecule has 8 heteroatoms. The Balaban J connectivity index is 1.65. The molecule has 29 heavy (non-hydrogen) atoms. The van der Waals surface area contributed by atoms with Crippen LogP contribution in [0.3, 0.4) is 0 Å². The van der Waals surface area contributed by atoms with E-state index >= 15 is 0 Å². The number of carbonyl (C=O) groups excluding carboxylic acids is 2. The van der Waals surface area contributed by atoms with E-state index in [0.717, 1.165) is 45.6 Å². The highest BCUT2D eigenvalue weighted by Gasteiger charge is 2.25. The van der Waals surface area contributed by atoms with Gasteiger partial charge in [-0.1, -0.05) is 48.5 Å². The van der Waals surface area contributed by atoms with Crippen LogP contribution in [0, 0.1) is 0 Å². The zero-order valence-electron chi connectivity index (χ0n) is 15.4. The molecule has 0 radical (unpaired) electrons. The van der Waals surface area contributed by atoms with Crippen LogP contribution in [0.15, 0.2) is 75.8 Å². The number of para-hydroxylation sites is 1. The summed E-state index contributed by atoms with van der Waals surface area (Å²) in [4.78, 5) is 26.9. The summed E-state index contributed by atoms with van der Waals surface area (Å²) in [5.41, 5.74) is 3.86. The lowest BCUT2D eigenvalue weighted by Gasteiger charge is -2.00. The Morgan fingerprint density at radius 1 is 1.10 bits per heavy atom. The number of aromatic nitrogens is 1. The number of esters is 1. The number of hydrogen-bond acceptors (Lipinski definition) is 6. The average molecular weight is 404 g/mol. The third kappa shape index (κ3) is 3.97. The summed E-state index contributed by atoms with van der Waals surface area (Å²) in [5.74, 6) is -1.01. The van der Waals surface area contributed by atoms with Gasteiger partial charge in [0.05, 0.1) is 23.9 Å². The number of amides is 1. The Labute approximate surface area is 170 Å². The van der Waals surface area contributed by atoms with Gasteiger partial charge in [0, 0.05) is 22.5 Å². The maximum absolute atomic E-state index is 11.9. The summed E-state index contributed by atoms with van der Waals surface area (Å²) in [5, 5.41) is 12.1. The molecule has 144 valence electrons. The molecule has 1 aliphatic rings. The van der Waals surface area contributed by atoms with Crippen LogP contribution in [0.25, 0.3) is 22.2 Å². The molecule has 1 aliphatic heterocycles. The number of benzene rings is 2. The van der Waals surface area contributed by atoms with Gasteiger partial charge in [-0.3, -0.25) is 10.1 Å². The van der Waals surface area contributed by atoms with Gasteiger partial charge < -0.3 is 9.72 Å². The van der Waals surface area contributed by atoms with Gasteiger partial charge in [0.1, 0.15) is 0 Å². The molecule has 1 saturated heterocycles. The monoisotopic (exact) mass is 404 g/mol. The number of carbonyl (C=O) groups is 2. The number of nitrogens with one attached hydrogen (secondary N) is 2. The maximum atomic E-state index is 11.9. The lowest BCUT2D eigenvalue weighted by molar-refractivity contribution is -0.135. The third-order valence-electron chi connectivity index (χ3n) is 4.25. The van der Waals surface area contributed by atoms with Crippen LogP contribution in [0.1, 0.15) is 5.56 Å². The lowest BCUT2D eigenvalue weighted by Crippen LogP contribution is -2.19. The van der Waals surface area contributed by atoms with Crippen molar-refractivity contribution in [1.29, 1.82) is 0 Å². The standard InChI is InChI=1S/C21H16N4O3S/c1-28-18(26)11-17-20(27)24-21(29-17)25-22-12-15-14-9-5-6-10-16(14)23-19(15)13-7-3-2-4-8-13/h2-12,23H,1H3,(H,24,25,27)/b17-11?,22-12+. The molecule has 0 bridgehead atoms. The molecule has 3 aromatic rings. The number of ether oxygens (including phenoxy) is 1. The van der Waals surface area contributed by atoms with Crippen molar-refractivity contribution >= 4 is 45.9 Å². The number of H-pyrrole nitrogens is 1. The molecule has 0 aliphatic carbocycles. The molecule has 0 saturated carbocycles. The molecule has 1 amide bonds. The number of amidine groups is 1. The van der Waals surface area contributed by atoms with Crippen LogP contribution < -0.4 is 5.32 Å². The van der Waals surface area contributed by atoms with Gasteiger partial charge in [0.15, 0.2) is 5.17 Å². The van der Waals surface area contributed by atoms with Crippen molar-refractivity contribution in [2.75, 3.05) is 7.11 Å². The van der Waals surface area contributed by atoms with Crippen molar-refractivity contribution in [1.82, 2.24) is 10.3 Å². The predicted octanol–water partition coefficient (Wildman–Crippen LogP) is 3.44. The second kappa shape index (κ2) is 8.15. The molecule has 1 aromatic heterocycles. The van der Waals surface area contributed by atoms with Gasteiger partial charge in [-0.15, -0.1) is 5.10 Å². The van der Waals surface area contributed by atoms with E-state index in [4.69, 9.17) is 0 Å². The van der Waals surface area contributed by atoms with Crippen molar-refractivity contribution in [2.24, 2.45) is 10.2 Å². The highest BCUT2D eigenvalue weighted by Crippen LogP contribution is 2.29. The smallest absolute Gasteiger partial charge is 0.331 e. The Bertz CT molecular complexity index is 1180. The summed E-state index contributed by atoms with van der Waals surface area (Å²) in [6.07, 6.45) is 2.78. The van der Waals surface area contributed by atoms with E-state index in [2.05, 4.69) is 25.2 Å². The Kier molecular flexibility index (Phi) is 5.26. The summed E-state index contributed by atoms with van der Waals surface area (Å²) < 4.78 is 4.54. The first kappa shape index (κ1) is 18.7. The van der Waals surface area contributed by atoms with Crippen LogP contribution in [-0.4, -0.2) is 35.4 Å². The molecule has 2 aromatic carbocycles. The van der Waals surface area contributed by atoms with Crippen molar-refractivity contribution < 1.29 is 14.3 Å². The molecule has 0 spiro atoms. The molecular weight excluding hydrogens is 388 g/mol. The van der Waals surface area contributed by atoms with Gasteiger partial charge >= 0.3 is 5.97 Å². The van der Waals surface area contributed by atoms with Crippen LogP contribution >= 0.6 is 11.8 Å². The van der Waals surface area contributed by atoms with Gasteiger partial charge in [-0.2, -0.15) is 5.10 Å². The number of thioether (sulfide) groups is 1. The molecule has 1 fully saturated rings. The van der Waals surface area contributed by atoms with E-state index in [0.29, 0.717) is 5.17 Å². The normalized spacial score (nSPS) is 16.8. The van der Waals surface area contributed by atoms with Crippen LogP contribution in [0.5, 0.6) is 0 Å². The van der Waals surface area contributed by atoms with E-state index in [1.807, 2.05) is 54.6 Å². The van der Waals surface area contributed by atoms with Gasteiger partial charge in [-0.25, -0.2) is 4.79 Å². The Hall–Kier alpha value is -3.65. The van der Waals surface area contributed by atoms with Crippen molar-refractivity contribution in [2.45, 2.75) is 0 Å². The minimum Gasteiger partial charge on any atom is -0.466 e. The highest BCUT2D eigenvalue weighted by atomic mass is 32.2. The summed E-state index contributed by atoms with van der Waals surface area (Å²) >= 11 is 1.03. The molecule has 0 atom stereocenters. The molecule has 4 rings (SSSR count). The van der Waals surface area contributed by atoms with Crippen molar-refractivity contribution in [3.63, 3.8) is 0 Å². The Morgan fingerprint density at radius 3 is 2.66 bits per heavy atom.